The van der Waals surface area contributed by atoms with Gasteiger partial charge in [-0.2, -0.15) is 0 Å². The first-order chi connectivity index (χ1) is 9.93. The number of carbonyl (C=O) groups is 1. The summed E-state index contributed by atoms with van der Waals surface area (Å²) in [5.74, 6) is 1.41. The van der Waals surface area contributed by atoms with Crippen LogP contribution in [0.3, 0.4) is 0 Å². The maximum Gasteiger partial charge on any atom is 0.224 e. The summed E-state index contributed by atoms with van der Waals surface area (Å²) in [4.78, 5) is 12.2. The molecule has 1 aliphatic rings. The molecule has 4 heteroatoms. The molecule has 1 atom stereocenters. The predicted molar refractivity (Wildman–Crippen MR) is 82.8 cm³/mol. The fourth-order valence-electron chi connectivity index (χ4n) is 3.01. The summed E-state index contributed by atoms with van der Waals surface area (Å²) in [6, 6.07) is 5.91. The molecule has 21 heavy (non-hydrogen) atoms. The SMILES string of the molecule is COc1ccc(CC(=O)NC2CCC(C)(C)C2)cc1OC. The van der Waals surface area contributed by atoms with Gasteiger partial charge in [0.1, 0.15) is 0 Å². The summed E-state index contributed by atoms with van der Waals surface area (Å²) in [6.45, 7) is 4.51. The van der Waals surface area contributed by atoms with Crippen molar-refractivity contribution in [2.45, 2.75) is 45.6 Å². The number of methoxy groups -OCH3 is 2. The lowest BCUT2D eigenvalue weighted by molar-refractivity contribution is -0.121. The molecule has 1 aromatic rings. The molecule has 0 heterocycles. The lowest BCUT2D eigenvalue weighted by atomic mass is 9.92. The molecule has 1 N–H and O–H groups in total. The Morgan fingerprint density at radius 2 is 2.00 bits per heavy atom. The van der Waals surface area contributed by atoms with E-state index in [2.05, 4.69) is 19.2 Å². The van der Waals surface area contributed by atoms with Crippen molar-refractivity contribution in [1.29, 1.82) is 0 Å². The van der Waals surface area contributed by atoms with Crippen LogP contribution >= 0.6 is 0 Å². The van der Waals surface area contributed by atoms with Crippen molar-refractivity contribution in [3.63, 3.8) is 0 Å². The van der Waals surface area contributed by atoms with E-state index in [9.17, 15) is 4.79 Å². The van der Waals surface area contributed by atoms with E-state index in [-0.39, 0.29) is 5.91 Å². The fourth-order valence-corrected chi connectivity index (χ4v) is 3.01. The molecule has 1 fully saturated rings. The first-order valence-corrected chi connectivity index (χ1v) is 7.44. The van der Waals surface area contributed by atoms with E-state index >= 15 is 0 Å². The Hall–Kier alpha value is -1.71. The van der Waals surface area contributed by atoms with Crippen molar-refractivity contribution in [1.82, 2.24) is 5.32 Å². The number of hydrogen-bond acceptors (Lipinski definition) is 3. The molecule has 1 saturated carbocycles. The third-order valence-electron chi connectivity index (χ3n) is 4.15. The highest BCUT2D eigenvalue weighted by Gasteiger charge is 2.31. The van der Waals surface area contributed by atoms with Crippen molar-refractivity contribution in [2.24, 2.45) is 5.41 Å². The third-order valence-corrected chi connectivity index (χ3v) is 4.15. The molecule has 0 spiro atoms. The molecule has 116 valence electrons. The van der Waals surface area contributed by atoms with Gasteiger partial charge < -0.3 is 14.8 Å². The molecule has 1 amide bonds. The zero-order valence-electron chi connectivity index (χ0n) is 13.4. The second kappa shape index (κ2) is 6.37. The van der Waals surface area contributed by atoms with E-state index in [0.717, 1.165) is 18.4 Å². The maximum atomic E-state index is 12.2. The molecule has 1 aliphatic carbocycles. The van der Waals surface area contributed by atoms with E-state index in [4.69, 9.17) is 9.47 Å². The van der Waals surface area contributed by atoms with Gasteiger partial charge in [0.05, 0.1) is 20.6 Å². The topological polar surface area (TPSA) is 47.6 Å². The van der Waals surface area contributed by atoms with Crippen LogP contribution in [-0.2, 0) is 11.2 Å². The molecule has 0 aliphatic heterocycles. The van der Waals surface area contributed by atoms with Crippen LogP contribution in [0.4, 0.5) is 0 Å². The zero-order chi connectivity index (χ0) is 15.5. The van der Waals surface area contributed by atoms with Gasteiger partial charge in [0.2, 0.25) is 5.91 Å². The van der Waals surface area contributed by atoms with Crippen LogP contribution < -0.4 is 14.8 Å². The van der Waals surface area contributed by atoms with Gasteiger partial charge >= 0.3 is 0 Å². The highest BCUT2D eigenvalue weighted by Crippen LogP contribution is 2.37. The molecule has 0 aromatic heterocycles. The Morgan fingerprint density at radius 1 is 1.29 bits per heavy atom. The summed E-state index contributed by atoms with van der Waals surface area (Å²) < 4.78 is 10.5. The molecule has 1 aromatic carbocycles. The van der Waals surface area contributed by atoms with Crippen LogP contribution in [0, 0.1) is 5.41 Å². The van der Waals surface area contributed by atoms with Crippen molar-refractivity contribution < 1.29 is 14.3 Å². The Labute approximate surface area is 126 Å². The van der Waals surface area contributed by atoms with E-state index in [0.29, 0.717) is 29.4 Å². The Balaban J connectivity index is 1.94. The number of benzene rings is 1. The van der Waals surface area contributed by atoms with E-state index in [1.54, 1.807) is 14.2 Å². The fraction of sp³-hybridized carbons (Fsp3) is 0.588. The number of rotatable bonds is 5. The van der Waals surface area contributed by atoms with Gasteiger partial charge in [0.15, 0.2) is 11.5 Å². The van der Waals surface area contributed by atoms with Gasteiger partial charge in [0.25, 0.3) is 0 Å². The van der Waals surface area contributed by atoms with Gasteiger partial charge in [-0.25, -0.2) is 0 Å². The van der Waals surface area contributed by atoms with Crippen molar-refractivity contribution in [3.8, 4) is 11.5 Å². The lowest BCUT2D eigenvalue weighted by Gasteiger charge is -2.18. The normalized spacial score (nSPS) is 20.1. The maximum absolute atomic E-state index is 12.2. The molecule has 4 nitrogen and oxygen atoms in total. The molecule has 0 saturated heterocycles. The van der Waals surface area contributed by atoms with E-state index < -0.39 is 0 Å². The highest BCUT2D eigenvalue weighted by atomic mass is 16.5. The number of ether oxygens (including phenoxy) is 2. The summed E-state index contributed by atoms with van der Waals surface area (Å²) in [5, 5.41) is 3.14. The number of nitrogens with one attached hydrogen (secondary N) is 1. The van der Waals surface area contributed by atoms with Crippen LogP contribution in [0.2, 0.25) is 0 Å². The van der Waals surface area contributed by atoms with Gasteiger partial charge in [0, 0.05) is 6.04 Å². The monoisotopic (exact) mass is 291 g/mol. The second-order valence-electron chi connectivity index (χ2n) is 6.54. The van der Waals surface area contributed by atoms with Gasteiger partial charge in [-0.15, -0.1) is 0 Å². The van der Waals surface area contributed by atoms with Crippen LogP contribution in [0.25, 0.3) is 0 Å². The van der Waals surface area contributed by atoms with Crippen LogP contribution in [0.1, 0.15) is 38.7 Å². The minimum absolute atomic E-state index is 0.0740. The number of carbonyl (C=O) groups excluding carboxylic acids is 1. The van der Waals surface area contributed by atoms with E-state index in [1.807, 2.05) is 18.2 Å². The quantitative estimate of drug-likeness (QED) is 0.907. The van der Waals surface area contributed by atoms with Gasteiger partial charge in [-0.05, 0) is 42.4 Å². The third kappa shape index (κ3) is 4.13. The van der Waals surface area contributed by atoms with Crippen LogP contribution in [0.15, 0.2) is 18.2 Å². The smallest absolute Gasteiger partial charge is 0.224 e. The van der Waals surface area contributed by atoms with Crippen LogP contribution in [-0.4, -0.2) is 26.2 Å². The van der Waals surface area contributed by atoms with Crippen molar-refractivity contribution >= 4 is 5.91 Å². The summed E-state index contributed by atoms with van der Waals surface area (Å²) >= 11 is 0. The molecule has 1 unspecified atom stereocenters. The average molecular weight is 291 g/mol. The molecular formula is C17H25NO3. The Morgan fingerprint density at radius 3 is 2.57 bits per heavy atom. The molecular weight excluding hydrogens is 266 g/mol. The van der Waals surface area contributed by atoms with E-state index in [1.165, 1.54) is 6.42 Å². The molecule has 2 rings (SSSR count). The minimum Gasteiger partial charge on any atom is -0.493 e. The second-order valence-corrected chi connectivity index (χ2v) is 6.54. The van der Waals surface area contributed by atoms with Gasteiger partial charge in [-0.3, -0.25) is 4.79 Å². The lowest BCUT2D eigenvalue weighted by Crippen LogP contribution is -2.34. The number of amides is 1. The Kier molecular flexibility index (Phi) is 4.76. The highest BCUT2D eigenvalue weighted by molar-refractivity contribution is 5.79. The average Bonchev–Trinajstić information content (AvgIpc) is 2.77. The first-order valence-electron chi connectivity index (χ1n) is 7.44. The summed E-state index contributed by atoms with van der Waals surface area (Å²) in [7, 11) is 3.20. The summed E-state index contributed by atoms with van der Waals surface area (Å²) in [5.41, 5.74) is 1.28. The van der Waals surface area contributed by atoms with Crippen molar-refractivity contribution in [3.05, 3.63) is 23.8 Å². The zero-order valence-corrected chi connectivity index (χ0v) is 13.4. The van der Waals surface area contributed by atoms with Crippen molar-refractivity contribution in [2.75, 3.05) is 14.2 Å². The Bertz CT molecular complexity index is 511. The predicted octanol–water partition coefficient (Wildman–Crippen LogP) is 2.94. The molecule has 0 bridgehead atoms. The van der Waals surface area contributed by atoms with Crippen LogP contribution in [0.5, 0.6) is 11.5 Å². The standard InChI is InChI=1S/C17H25NO3/c1-17(2)8-7-13(11-17)18-16(19)10-12-5-6-14(20-3)15(9-12)21-4/h5-6,9,13H,7-8,10-11H2,1-4H3,(H,18,19). The molecule has 0 radical (unpaired) electrons. The largest absolute Gasteiger partial charge is 0.493 e. The number of hydrogen-bond donors (Lipinski definition) is 1. The minimum atomic E-state index is 0.0740. The summed E-state index contributed by atoms with van der Waals surface area (Å²) in [6.07, 6.45) is 3.68. The van der Waals surface area contributed by atoms with Gasteiger partial charge in [-0.1, -0.05) is 19.9 Å². The first kappa shape index (κ1) is 15.7.